The fourth-order valence-corrected chi connectivity index (χ4v) is 4.89. The summed E-state index contributed by atoms with van der Waals surface area (Å²) in [6.45, 7) is 0.110. The number of alkyl halides is 3. The Morgan fingerprint density at radius 3 is 2.31 bits per heavy atom. The minimum Gasteiger partial charge on any atom is -0.340 e. The lowest BCUT2D eigenvalue weighted by molar-refractivity contribution is -0.152. The molecule has 208 valence electrons. The standard InChI is InChI=1S/C28H31F4N5O2/c29-22-9-7-20(8-10-22)23-16-25(23)34-11-1-2-24(35-26(38)21-5-3-19(17-33)4-6-21)27(39)37-14-12-36(13-15-37)18-28(30,31)32/h3-10,23-25,34H,1-2,11-16,18H2,(H,35,38)/t23-,24-,25+/m0/s1. The maximum atomic E-state index is 13.3. The van der Waals surface area contributed by atoms with E-state index in [0.29, 0.717) is 36.4 Å². The molecular formula is C28H31F4N5O2. The van der Waals surface area contributed by atoms with Gasteiger partial charge in [-0.1, -0.05) is 12.1 Å². The molecule has 0 bridgehead atoms. The van der Waals surface area contributed by atoms with Gasteiger partial charge in [0, 0.05) is 43.7 Å². The number of nitrogens with one attached hydrogen (secondary N) is 2. The van der Waals surface area contributed by atoms with Crippen molar-refractivity contribution < 1.29 is 27.2 Å². The summed E-state index contributed by atoms with van der Waals surface area (Å²) in [7, 11) is 0. The van der Waals surface area contributed by atoms with Crippen LogP contribution < -0.4 is 10.6 Å². The second-order valence-corrected chi connectivity index (χ2v) is 10.0. The SMILES string of the molecule is N#Cc1ccc(C(=O)N[C@@H](CCCN[C@@H]2C[C@H]2c2ccc(F)cc2)C(=O)N2CCN(CC(F)(F)F)CC2)cc1. The van der Waals surface area contributed by atoms with Gasteiger partial charge in [0.1, 0.15) is 11.9 Å². The largest absolute Gasteiger partial charge is 0.401 e. The summed E-state index contributed by atoms with van der Waals surface area (Å²) in [5.74, 6) is -0.740. The van der Waals surface area contributed by atoms with E-state index in [1.807, 2.05) is 6.07 Å². The molecular weight excluding hydrogens is 514 g/mol. The molecule has 11 heteroatoms. The summed E-state index contributed by atoms with van der Waals surface area (Å²) in [5.41, 5.74) is 1.78. The Morgan fingerprint density at radius 1 is 1.03 bits per heavy atom. The number of carbonyl (C=O) groups excluding carboxylic acids is 2. The molecule has 0 spiro atoms. The molecule has 4 rings (SSSR count). The van der Waals surface area contributed by atoms with Crippen molar-refractivity contribution in [3.05, 3.63) is 71.0 Å². The fraction of sp³-hybridized carbons (Fsp3) is 0.464. The van der Waals surface area contributed by atoms with Gasteiger partial charge in [0.05, 0.1) is 18.2 Å². The highest BCUT2D eigenvalue weighted by Gasteiger charge is 2.38. The maximum Gasteiger partial charge on any atom is 0.401 e. The summed E-state index contributed by atoms with van der Waals surface area (Å²) < 4.78 is 51.4. The van der Waals surface area contributed by atoms with Gasteiger partial charge in [0.25, 0.3) is 5.91 Å². The lowest BCUT2D eigenvalue weighted by atomic mass is 10.1. The van der Waals surface area contributed by atoms with Crippen molar-refractivity contribution in [3.8, 4) is 6.07 Å². The van der Waals surface area contributed by atoms with E-state index in [1.165, 1.54) is 46.2 Å². The summed E-state index contributed by atoms with van der Waals surface area (Å²) in [5, 5.41) is 15.2. The zero-order valence-electron chi connectivity index (χ0n) is 21.4. The van der Waals surface area contributed by atoms with Crippen LogP contribution in [0.25, 0.3) is 0 Å². The number of benzene rings is 2. The zero-order valence-corrected chi connectivity index (χ0v) is 21.4. The Hall–Kier alpha value is -3.49. The topological polar surface area (TPSA) is 88.5 Å². The molecule has 0 radical (unpaired) electrons. The number of hydrogen-bond acceptors (Lipinski definition) is 5. The number of rotatable bonds is 10. The van der Waals surface area contributed by atoms with Gasteiger partial charge in [-0.2, -0.15) is 18.4 Å². The minimum atomic E-state index is -4.30. The van der Waals surface area contributed by atoms with Crippen molar-refractivity contribution in [2.45, 2.75) is 43.4 Å². The third-order valence-corrected chi connectivity index (χ3v) is 7.13. The van der Waals surface area contributed by atoms with Crippen LogP contribution in [0.2, 0.25) is 0 Å². The molecule has 1 saturated heterocycles. The van der Waals surface area contributed by atoms with Crippen LogP contribution in [0.15, 0.2) is 48.5 Å². The Bertz CT molecular complexity index is 1170. The highest BCUT2D eigenvalue weighted by atomic mass is 19.4. The van der Waals surface area contributed by atoms with Crippen LogP contribution in [0.4, 0.5) is 17.6 Å². The van der Waals surface area contributed by atoms with Crippen LogP contribution in [0.3, 0.4) is 0 Å². The first-order chi connectivity index (χ1) is 18.6. The number of halogens is 4. The molecule has 1 aliphatic carbocycles. The minimum absolute atomic E-state index is 0.107. The summed E-state index contributed by atoms with van der Waals surface area (Å²) in [4.78, 5) is 29.0. The van der Waals surface area contributed by atoms with Gasteiger partial charge in [-0.15, -0.1) is 0 Å². The Morgan fingerprint density at radius 2 is 1.69 bits per heavy atom. The smallest absolute Gasteiger partial charge is 0.340 e. The van der Waals surface area contributed by atoms with Crippen LogP contribution in [0.5, 0.6) is 0 Å². The predicted molar refractivity (Wildman–Crippen MR) is 136 cm³/mol. The van der Waals surface area contributed by atoms with Gasteiger partial charge in [0.2, 0.25) is 5.91 Å². The summed E-state index contributed by atoms with van der Waals surface area (Å²) in [6, 6.07) is 13.9. The van der Waals surface area contributed by atoms with E-state index in [0.717, 1.165) is 12.0 Å². The van der Waals surface area contributed by atoms with Crippen molar-refractivity contribution in [3.63, 3.8) is 0 Å². The van der Waals surface area contributed by atoms with Gasteiger partial charge >= 0.3 is 6.18 Å². The first-order valence-corrected chi connectivity index (χ1v) is 13.0. The number of piperazine rings is 1. The van der Waals surface area contributed by atoms with Gasteiger partial charge in [-0.25, -0.2) is 4.39 Å². The van der Waals surface area contributed by atoms with E-state index < -0.39 is 24.7 Å². The van der Waals surface area contributed by atoms with Gasteiger partial charge in [0.15, 0.2) is 0 Å². The average molecular weight is 546 g/mol. The van der Waals surface area contributed by atoms with Crippen LogP contribution >= 0.6 is 0 Å². The van der Waals surface area contributed by atoms with Gasteiger partial charge < -0.3 is 15.5 Å². The third-order valence-electron chi connectivity index (χ3n) is 7.13. The van der Waals surface area contributed by atoms with Crippen molar-refractivity contribution in [2.24, 2.45) is 0 Å². The third kappa shape index (κ3) is 8.25. The Balaban J connectivity index is 1.32. The highest BCUT2D eigenvalue weighted by molar-refractivity contribution is 5.97. The number of carbonyl (C=O) groups is 2. The molecule has 1 heterocycles. The van der Waals surface area contributed by atoms with Crippen molar-refractivity contribution in [1.82, 2.24) is 20.4 Å². The molecule has 2 aromatic carbocycles. The number of amides is 2. The molecule has 2 fully saturated rings. The van der Waals surface area contributed by atoms with Crippen LogP contribution in [0.1, 0.15) is 46.7 Å². The van der Waals surface area contributed by atoms with Gasteiger partial charge in [-0.05, 0) is 67.8 Å². The van der Waals surface area contributed by atoms with E-state index in [9.17, 15) is 27.2 Å². The van der Waals surface area contributed by atoms with E-state index in [4.69, 9.17) is 5.26 Å². The summed E-state index contributed by atoms with van der Waals surface area (Å²) >= 11 is 0. The lowest BCUT2D eigenvalue weighted by Gasteiger charge is -2.36. The monoisotopic (exact) mass is 545 g/mol. The average Bonchev–Trinajstić information content (AvgIpc) is 3.69. The van der Waals surface area contributed by atoms with Crippen LogP contribution in [0, 0.1) is 17.1 Å². The number of nitriles is 1. The predicted octanol–water partition coefficient (Wildman–Crippen LogP) is 3.43. The second kappa shape index (κ2) is 12.6. The molecule has 7 nitrogen and oxygen atoms in total. The first-order valence-electron chi connectivity index (χ1n) is 13.0. The normalized spacial score (nSPS) is 20.2. The molecule has 2 aromatic rings. The van der Waals surface area contributed by atoms with Crippen molar-refractivity contribution in [2.75, 3.05) is 39.3 Å². The molecule has 1 aliphatic heterocycles. The Kier molecular flexibility index (Phi) is 9.20. The highest BCUT2D eigenvalue weighted by Crippen LogP contribution is 2.40. The molecule has 2 amide bonds. The molecule has 2 aliphatic rings. The number of hydrogen-bond donors (Lipinski definition) is 2. The zero-order chi connectivity index (χ0) is 28.0. The molecule has 2 N–H and O–H groups in total. The second-order valence-electron chi connectivity index (χ2n) is 10.0. The quantitative estimate of drug-likeness (QED) is 0.353. The molecule has 0 aromatic heterocycles. The van der Waals surface area contributed by atoms with Crippen LogP contribution in [-0.2, 0) is 4.79 Å². The van der Waals surface area contributed by atoms with Gasteiger partial charge in [-0.3, -0.25) is 14.5 Å². The van der Waals surface area contributed by atoms with Crippen molar-refractivity contribution in [1.29, 1.82) is 5.26 Å². The first kappa shape index (κ1) is 28.5. The number of nitrogens with zero attached hydrogens (tertiary/aromatic N) is 3. The van der Waals surface area contributed by atoms with E-state index in [2.05, 4.69) is 10.6 Å². The Labute approximate surface area is 224 Å². The van der Waals surface area contributed by atoms with E-state index in [1.54, 1.807) is 12.1 Å². The molecule has 3 atom stereocenters. The summed E-state index contributed by atoms with van der Waals surface area (Å²) in [6.07, 6.45) is -2.42. The fourth-order valence-electron chi connectivity index (χ4n) is 4.89. The molecule has 39 heavy (non-hydrogen) atoms. The van der Waals surface area contributed by atoms with E-state index in [-0.39, 0.29) is 43.9 Å². The van der Waals surface area contributed by atoms with E-state index >= 15 is 0 Å². The van der Waals surface area contributed by atoms with Crippen LogP contribution in [-0.4, -0.2) is 79.1 Å². The maximum absolute atomic E-state index is 13.3. The lowest BCUT2D eigenvalue weighted by Crippen LogP contribution is -2.56. The van der Waals surface area contributed by atoms with Crippen molar-refractivity contribution >= 4 is 11.8 Å². The molecule has 1 saturated carbocycles. The molecule has 0 unspecified atom stereocenters.